The van der Waals surface area contributed by atoms with Crippen LogP contribution in [0, 0.1) is 0 Å². The molecule has 0 bridgehead atoms. The van der Waals surface area contributed by atoms with Crippen LogP contribution in [0.4, 0.5) is 0 Å². The maximum Gasteiger partial charge on any atom is 0.267 e. The zero-order valence-electron chi connectivity index (χ0n) is 17.8. The summed E-state index contributed by atoms with van der Waals surface area (Å²) in [5.41, 5.74) is 1.36. The summed E-state index contributed by atoms with van der Waals surface area (Å²) in [7, 11) is 1.57. The number of hydrogen-bond acceptors (Lipinski definition) is 7. The Kier molecular flexibility index (Phi) is 6.75. The zero-order chi connectivity index (χ0) is 23.2. The number of benzene rings is 1. The highest BCUT2D eigenvalue weighted by molar-refractivity contribution is 7.13. The molecular weight excluding hydrogens is 442 g/mol. The first-order chi connectivity index (χ1) is 16.0. The third-order valence-corrected chi connectivity index (χ3v) is 5.70. The molecule has 0 aliphatic carbocycles. The van der Waals surface area contributed by atoms with E-state index in [0.29, 0.717) is 17.1 Å². The Hall–Kier alpha value is -4.05. The van der Waals surface area contributed by atoms with Crippen LogP contribution in [0.3, 0.4) is 0 Å². The van der Waals surface area contributed by atoms with Gasteiger partial charge in [-0.05, 0) is 35.7 Å². The van der Waals surface area contributed by atoms with Crippen LogP contribution in [-0.4, -0.2) is 39.1 Å². The van der Waals surface area contributed by atoms with Gasteiger partial charge in [-0.15, -0.1) is 11.3 Å². The number of methoxy groups -OCH3 is 1. The second-order valence-electron chi connectivity index (χ2n) is 7.05. The van der Waals surface area contributed by atoms with Crippen LogP contribution in [0.25, 0.3) is 21.8 Å². The van der Waals surface area contributed by atoms with Crippen LogP contribution < -0.4 is 21.2 Å². The van der Waals surface area contributed by atoms with E-state index >= 15 is 0 Å². The predicted molar refractivity (Wildman–Crippen MR) is 125 cm³/mol. The molecule has 168 valence electrons. The first-order valence-corrected chi connectivity index (χ1v) is 11.0. The van der Waals surface area contributed by atoms with Crippen molar-refractivity contribution in [3.8, 4) is 27.6 Å². The standard InChI is InChI=1S/C23H21N5O4S/c1-32-17-5-2-4-16(14-17)18-7-9-23(31)28(25-18)15-21(29)24-11-12-27-22(30)10-8-19(26-27)20-6-3-13-33-20/h2-10,13-14H,11-12,15H2,1H3,(H,24,29). The molecule has 9 nitrogen and oxygen atoms in total. The maximum absolute atomic E-state index is 12.4. The number of thiophene rings is 1. The van der Waals surface area contributed by atoms with Gasteiger partial charge in [0.15, 0.2) is 0 Å². The number of hydrogen-bond donors (Lipinski definition) is 1. The molecule has 3 aromatic heterocycles. The van der Waals surface area contributed by atoms with Crippen molar-refractivity contribution in [3.05, 3.63) is 86.8 Å². The van der Waals surface area contributed by atoms with E-state index in [-0.39, 0.29) is 25.2 Å². The molecule has 0 spiro atoms. The number of nitrogens with one attached hydrogen (secondary N) is 1. The lowest BCUT2D eigenvalue weighted by Crippen LogP contribution is -2.36. The second kappa shape index (κ2) is 10.0. The number of carbonyl (C=O) groups excluding carboxylic acids is 1. The van der Waals surface area contributed by atoms with Gasteiger partial charge < -0.3 is 10.1 Å². The Morgan fingerprint density at radius 1 is 0.970 bits per heavy atom. The molecule has 0 saturated heterocycles. The van der Waals surface area contributed by atoms with Gasteiger partial charge in [0, 0.05) is 24.2 Å². The van der Waals surface area contributed by atoms with Crippen LogP contribution >= 0.6 is 11.3 Å². The van der Waals surface area contributed by atoms with Gasteiger partial charge in [-0.1, -0.05) is 18.2 Å². The molecule has 3 heterocycles. The molecule has 4 aromatic rings. The Morgan fingerprint density at radius 3 is 2.48 bits per heavy atom. The van der Waals surface area contributed by atoms with Gasteiger partial charge in [0.2, 0.25) is 5.91 Å². The molecule has 0 aliphatic heterocycles. The molecule has 1 aromatic carbocycles. The Bertz CT molecular complexity index is 1380. The second-order valence-corrected chi connectivity index (χ2v) is 8.00. The molecule has 10 heteroatoms. The zero-order valence-corrected chi connectivity index (χ0v) is 18.6. The molecule has 33 heavy (non-hydrogen) atoms. The van der Waals surface area contributed by atoms with Crippen molar-refractivity contribution < 1.29 is 9.53 Å². The minimum absolute atomic E-state index is 0.184. The lowest BCUT2D eigenvalue weighted by Gasteiger charge is -2.10. The average Bonchev–Trinajstić information content (AvgIpc) is 3.37. The number of ether oxygens (including phenoxy) is 1. The van der Waals surface area contributed by atoms with Crippen LogP contribution in [0.2, 0.25) is 0 Å². The molecule has 0 saturated carbocycles. The maximum atomic E-state index is 12.4. The summed E-state index contributed by atoms with van der Waals surface area (Å²) >= 11 is 1.53. The number of carbonyl (C=O) groups is 1. The molecule has 4 rings (SSSR count). The summed E-state index contributed by atoms with van der Waals surface area (Å²) in [5, 5.41) is 13.3. The molecule has 0 unspecified atom stereocenters. The lowest BCUT2D eigenvalue weighted by atomic mass is 10.1. The van der Waals surface area contributed by atoms with Crippen molar-refractivity contribution in [1.82, 2.24) is 24.9 Å². The van der Waals surface area contributed by atoms with Crippen molar-refractivity contribution in [2.24, 2.45) is 0 Å². The Balaban J connectivity index is 1.40. The van der Waals surface area contributed by atoms with E-state index in [1.807, 2.05) is 35.7 Å². The van der Waals surface area contributed by atoms with Crippen LogP contribution in [-0.2, 0) is 17.9 Å². The van der Waals surface area contributed by atoms with Gasteiger partial charge in [-0.2, -0.15) is 10.2 Å². The monoisotopic (exact) mass is 463 g/mol. The van der Waals surface area contributed by atoms with E-state index in [9.17, 15) is 14.4 Å². The lowest BCUT2D eigenvalue weighted by molar-refractivity contribution is -0.121. The average molecular weight is 464 g/mol. The van der Waals surface area contributed by atoms with Crippen molar-refractivity contribution in [3.63, 3.8) is 0 Å². The third kappa shape index (κ3) is 5.42. The highest BCUT2D eigenvalue weighted by Crippen LogP contribution is 2.21. The fraction of sp³-hybridized carbons (Fsp3) is 0.174. The first kappa shape index (κ1) is 22.2. The van der Waals surface area contributed by atoms with E-state index in [1.165, 1.54) is 28.2 Å². The molecule has 0 aliphatic rings. The summed E-state index contributed by atoms with van der Waals surface area (Å²) in [4.78, 5) is 37.6. The normalized spacial score (nSPS) is 10.7. The minimum Gasteiger partial charge on any atom is -0.497 e. The van der Waals surface area contributed by atoms with Gasteiger partial charge in [-0.25, -0.2) is 9.36 Å². The smallest absolute Gasteiger partial charge is 0.267 e. The van der Waals surface area contributed by atoms with Gasteiger partial charge in [0.25, 0.3) is 11.1 Å². The minimum atomic E-state index is -0.394. The SMILES string of the molecule is COc1cccc(-c2ccc(=O)n(CC(=O)NCCn3nc(-c4cccs4)ccc3=O)n2)c1. The number of nitrogens with zero attached hydrogens (tertiary/aromatic N) is 4. The summed E-state index contributed by atoms with van der Waals surface area (Å²) < 4.78 is 7.63. The predicted octanol–water partition coefficient (Wildman–Crippen LogP) is 2.02. The highest BCUT2D eigenvalue weighted by atomic mass is 32.1. The molecule has 1 amide bonds. The summed E-state index contributed by atoms with van der Waals surface area (Å²) in [6, 6.07) is 17.2. The number of aromatic nitrogens is 4. The quantitative estimate of drug-likeness (QED) is 0.428. The Labute approximate surface area is 192 Å². The van der Waals surface area contributed by atoms with Crippen molar-refractivity contribution in [1.29, 1.82) is 0 Å². The Morgan fingerprint density at radius 2 is 1.73 bits per heavy atom. The van der Waals surface area contributed by atoms with Gasteiger partial charge >= 0.3 is 0 Å². The van der Waals surface area contributed by atoms with E-state index < -0.39 is 11.5 Å². The van der Waals surface area contributed by atoms with E-state index in [0.717, 1.165) is 15.1 Å². The summed E-state index contributed by atoms with van der Waals surface area (Å²) in [5.74, 6) is 0.270. The molecular formula is C23H21N5O4S. The van der Waals surface area contributed by atoms with Crippen molar-refractivity contribution in [2.45, 2.75) is 13.1 Å². The summed E-state index contributed by atoms with van der Waals surface area (Å²) in [6.45, 7) is 0.147. The van der Waals surface area contributed by atoms with E-state index in [2.05, 4.69) is 15.5 Å². The molecule has 0 fully saturated rings. The fourth-order valence-electron chi connectivity index (χ4n) is 3.16. The molecule has 0 atom stereocenters. The van der Waals surface area contributed by atoms with E-state index in [1.54, 1.807) is 25.3 Å². The van der Waals surface area contributed by atoms with E-state index in [4.69, 9.17) is 4.74 Å². The number of amides is 1. The van der Waals surface area contributed by atoms with Gasteiger partial charge in [0.05, 0.1) is 24.2 Å². The van der Waals surface area contributed by atoms with Gasteiger partial charge in [0.1, 0.15) is 18.0 Å². The molecule has 1 N–H and O–H groups in total. The van der Waals surface area contributed by atoms with Crippen LogP contribution in [0.1, 0.15) is 0 Å². The summed E-state index contributed by atoms with van der Waals surface area (Å²) in [6.07, 6.45) is 0. The third-order valence-electron chi connectivity index (χ3n) is 4.81. The largest absolute Gasteiger partial charge is 0.497 e. The van der Waals surface area contributed by atoms with Crippen LogP contribution in [0.15, 0.2) is 75.6 Å². The first-order valence-electron chi connectivity index (χ1n) is 10.1. The highest BCUT2D eigenvalue weighted by Gasteiger charge is 2.10. The van der Waals surface area contributed by atoms with Crippen molar-refractivity contribution >= 4 is 17.2 Å². The fourth-order valence-corrected chi connectivity index (χ4v) is 3.85. The van der Waals surface area contributed by atoms with Gasteiger partial charge in [-0.3, -0.25) is 14.4 Å². The van der Waals surface area contributed by atoms with Crippen molar-refractivity contribution in [2.75, 3.05) is 13.7 Å². The topological polar surface area (TPSA) is 108 Å². The molecule has 0 radical (unpaired) electrons. The number of rotatable bonds is 8. The van der Waals surface area contributed by atoms with Crippen LogP contribution in [0.5, 0.6) is 5.75 Å².